The minimum Gasteiger partial charge on any atom is -0.319 e. The summed E-state index contributed by atoms with van der Waals surface area (Å²) in [5, 5.41) is 0. The molecule has 1 unspecified atom stereocenters. The summed E-state index contributed by atoms with van der Waals surface area (Å²) in [6.45, 7) is 7.23. The van der Waals surface area contributed by atoms with E-state index in [1.165, 1.54) is 6.92 Å². The number of hydrogen-bond acceptors (Lipinski definition) is 2. The van der Waals surface area contributed by atoms with Crippen LogP contribution in [0.5, 0.6) is 0 Å². The van der Waals surface area contributed by atoms with E-state index in [4.69, 9.17) is 5.73 Å². The SMILES string of the molecule is CC=C(C)CC(C)(N)C(C)=O. The van der Waals surface area contributed by atoms with Crippen LogP contribution < -0.4 is 5.73 Å². The predicted octanol–water partition coefficient (Wildman–Crippen LogP) is 1.65. The number of nitrogens with two attached hydrogens (primary N) is 1. The molecule has 0 saturated carbocycles. The summed E-state index contributed by atoms with van der Waals surface area (Å²) in [5.41, 5.74) is 6.22. The van der Waals surface area contributed by atoms with Crippen molar-refractivity contribution in [1.29, 1.82) is 0 Å². The van der Waals surface area contributed by atoms with E-state index in [0.717, 1.165) is 5.57 Å². The highest BCUT2D eigenvalue weighted by Gasteiger charge is 2.23. The third-order valence-electron chi connectivity index (χ3n) is 1.94. The molecule has 0 aliphatic rings. The van der Waals surface area contributed by atoms with Crippen LogP contribution in [0.2, 0.25) is 0 Å². The molecule has 64 valence electrons. The minimum absolute atomic E-state index is 0.0405. The van der Waals surface area contributed by atoms with Gasteiger partial charge in [-0.2, -0.15) is 0 Å². The zero-order valence-corrected chi connectivity index (χ0v) is 7.77. The van der Waals surface area contributed by atoms with Gasteiger partial charge < -0.3 is 5.73 Å². The molecule has 0 rings (SSSR count). The summed E-state index contributed by atoms with van der Waals surface area (Å²) in [7, 11) is 0. The van der Waals surface area contributed by atoms with Crippen LogP contribution in [0, 0.1) is 0 Å². The van der Waals surface area contributed by atoms with Crippen LogP contribution in [0.25, 0.3) is 0 Å². The number of ketones is 1. The Bertz CT molecular complexity index is 180. The fraction of sp³-hybridized carbons (Fsp3) is 0.667. The smallest absolute Gasteiger partial charge is 0.149 e. The van der Waals surface area contributed by atoms with Crippen LogP contribution in [-0.2, 0) is 4.79 Å². The van der Waals surface area contributed by atoms with E-state index in [9.17, 15) is 4.79 Å². The first-order valence-electron chi connectivity index (χ1n) is 3.82. The molecule has 0 fully saturated rings. The standard InChI is InChI=1S/C9H17NO/c1-5-7(2)6-9(4,10)8(3)11/h5H,6,10H2,1-4H3. The third-order valence-corrected chi connectivity index (χ3v) is 1.94. The molecule has 0 heterocycles. The Kier molecular flexibility index (Phi) is 3.46. The van der Waals surface area contributed by atoms with Gasteiger partial charge in [0.1, 0.15) is 5.78 Å². The number of Topliss-reactive ketones (excluding diaryl/α,β-unsaturated/α-hetero) is 1. The summed E-state index contributed by atoms with van der Waals surface area (Å²) in [5.74, 6) is 0.0405. The van der Waals surface area contributed by atoms with Crippen molar-refractivity contribution in [3.05, 3.63) is 11.6 Å². The Labute approximate surface area is 68.5 Å². The van der Waals surface area contributed by atoms with Gasteiger partial charge in [-0.15, -0.1) is 0 Å². The van der Waals surface area contributed by atoms with E-state index in [1.54, 1.807) is 6.92 Å². The van der Waals surface area contributed by atoms with Gasteiger partial charge in [-0.05, 0) is 34.1 Å². The fourth-order valence-electron chi connectivity index (χ4n) is 0.806. The molecule has 0 aliphatic heterocycles. The monoisotopic (exact) mass is 155 g/mol. The lowest BCUT2D eigenvalue weighted by molar-refractivity contribution is -0.121. The molecule has 11 heavy (non-hydrogen) atoms. The maximum Gasteiger partial charge on any atom is 0.149 e. The third kappa shape index (κ3) is 3.33. The van der Waals surface area contributed by atoms with Crippen LogP contribution in [0.15, 0.2) is 11.6 Å². The molecule has 0 saturated heterocycles. The zero-order chi connectivity index (χ0) is 9.07. The van der Waals surface area contributed by atoms with Crippen LogP contribution in [-0.4, -0.2) is 11.3 Å². The Morgan fingerprint density at radius 1 is 1.55 bits per heavy atom. The number of hydrogen-bond donors (Lipinski definition) is 1. The summed E-state index contributed by atoms with van der Waals surface area (Å²) in [6, 6.07) is 0. The summed E-state index contributed by atoms with van der Waals surface area (Å²) in [6.07, 6.45) is 2.63. The van der Waals surface area contributed by atoms with Gasteiger partial charge in [0.25, 0.3) is 0 Å². The largest absolute Gasteiger partial charge is 0.319 e. The molecule has 1 atom stereocenters. The second kappa shape index (κ2) is 3.67. The quantitative estimate of drug-likeness (QED) is 0.630. The molecule has 0 aromatic heterocycles. The van der Waals surface area contributed by atoms with Gasteiger partial charge >= 0.3 is 0 Å². The molecule has 0 aromatic carbocycles. The Balaban J connectivity index is 4.24. The fourth-order valence-corrected chi connectivity index (χ4v) is 0.806. The number of carbonyl (C=O) groups excluding carboxylic acids is 1. The first-order valence-corrected chi connectivity index (χ1v) is 3.82. The average Bonchev–Trinajstić information content (AvgIpc) is 1.86. The lowest BCUT2D eigenvalue weighted by Gasteiger charge is -2.21. The molecular formula is C9H17NO. The molecule has 0 amide bonds. The molecular weight excluding hydrogens is 138 g/mol. The summed E-state index contributed by atoms with van der Waals surface area (Å²) >= 11 is 0. The van der Waals surface area contributed by atoms with E-state index in [0.29, 0.717) is 6.42 Å². The maximum atomic E-state index is 11.0. The van der Waals surface area contributed by atoms with E-state index in [-0.39, 0.29) is 5.78 Å². The summed E-state index contributed by atoms with van der Waals surface area (Å²) < 4.78 is 0. The number of carbonyl (C=O) groups is 1. The van der Waals surface area contributed by atoms with Gasteiger partial charge in [-0.1, -0.05) is 11.6 Å². The Morgan fingerprint density at radius 3 is 2.27 bits per heavy atom. The summed E-state index contributed by atoms with van der Waals surface area (Å²) in [4.78, 5) is 11.0. The van der Waals surface area contributed by atoms with Gasteiger partial charge in [-0.25, -0.2) is 0 Å². The molecule has 2 heteroatoms. The van der Waals surface area contributed by atoms with E-state index in [1.807, 2.05) is 19.9 Å². The van der Waals surface area contributed by atoms with Crippen molar-refractivity contribution in [2.24, 2.45) is 5.73 Å². The van der Waals surface area contributed by atoms with Crippen molar-refractivity contribution < 1.29 is 4.79 Å². The van der Waals surface area contributed by atoms with Crippen LogP contribution >= 0.6 is 0 Å². The molecule has 2 nitrogen and oxygen atoms in total. The highest BCUT2D eigenvalue weighted by atomic mass is 16.1. The van der Waals surface area contributed by atoms with Crippen molar-refractivity contribution in [2.45, 2.75) is 39.7 Å². The van der Waals surface area contributed by atoms with Gasteiger partial charge in [-0.3, -0.25) is 4.79 Å². The van der Waals surface area contributed by atoms with E-state index >= 15 is 0 Å². The van der Waals surface area contributed by atoms with Gasteiger partial charge in [0.2, 0.25) is 0 Å². The normalized spacial score (nSPS) is 17.7. The highest BCUT2D eigenvalue weighted by Crippen LogP contribution is 2.13. The lowest BCUT2D eigenvalue weighted by Crippen LogP contribution is -2.43. The minimum atomic E-state index is -0.684. The van der Waals surface area contributed by atoms with Crippen LogP contribution in [0.4, 0.5) is 0 Å². The van der Waals surface area contributed by atoms with Gasteiger partial charge in [0.05, 0.1) is 5.54 Å². The molecule has 0 spiro atoms. The van der Waals surface area contributed by atoms with Gasteiger partial charge in [0, 0.05) is 0 Å². The zero-order valence-electron chi connectivity index (χ0n) is 7.77. The first-order chi connectivity index (χ1) is 4.90. The van der Waals surface area contributed by atoms with Crippen molar-refractivity contribution >= 4 is 5.78 Å². The van der Waals surface area contributed by atoms with Crippen molar-refractivity contribution in [2.75, 3.05) is 0 Å². The maximum absolute atomic E-state index is 11.0. The second-order valence-corrected chi connectivity index (χ2v) is 3.29. The molecule has 2 N–H and O–H groups in total. The van der Waals surface area contributed by atoms with E-state index in [2.05, 4.69) is 0 Å². The van der Waals surface area contributed by atoms with E-state index < -0.39 is 5.54 Å². The van der Waals surface area contributed by atoms with Crippen molar-refractivity contribution in [3.8, 4) is 0 Å². The van der Waals surface area contributed by atoms with Crippen molar-refractivity contribution in [1.82, 2.24) is 0 Å². The predicted molar refractivity (Wildman–Crippen MR) is 47.3 cm³/mol. The number of allylic oxidation sites excluding steroid dienone is 1. The molecule has 0 aromatic rings. The van der Waals surface area contributed by atoms with Crippen LogP contribution in [0.3, 0.4) is 0 Å². The topological polar surface area (TPSA) is 43.1 Å². The van der Waals surface area contributed by atoms with Crippen molar-refractivity contribution in [3.63, 3.8) is 0 Å². The average molecular weight is 155 g/mol. The molecule has 0 aliphatic carbocycles. The first kappa shape index (κ1) is 10.4. The second-order valence-electron chi connectivity index (χ2n) is 3.29. The lowest BCUT2D eigenvalue weighted by atomic mass is 9.91. The Hall–Kier alpha value is -0.630. The van der Waals surface area contributed by atoms with Gasteiger partial charge in [0.15, 0.2) is 0 Å². The number of rotatable bonds is 3. The molecule has 0 bridgehead atoms. The molecule has 0 radical (unpaired) electrons. The Morgan fingerprint density at radius 2 is 2.00 bits per heavy atom. The highest BCUT2D eigenvalue weighted by molar-refractivity contribution is 5.85. The van der Waals surface area contributed by atoms with Crippen LogP contribution in [0.1, 0.15) is 34.1 Å².